The highest BCUT2D eigenvalue weighted by Crippen LogP contribution is 2.29. The van der Waals surface area contributed by atoms with Crippen molar-refractivity contribution in [3.8, 4) is 0 Å². The van der Waals surface area contributed by atoms with Gasteiger partial charge in [-0.25, -0.2) is 8.42 Å². The molecule has 0 aromatic rings. The van der Waals surface area contributed by atoms with E-state index in [4.69, 9.17) is 4.74 Å². The first kappa shape index (κ1) is 24.3. The SMILES string of the molecule is CCNC(=NCCOCCS(C)(=O)=O)NC1CCC(SCC)C1.I. The number of thioether (sulfide) groups is 1. The van der Waals surface area contributed by atoms with Crippen molar-refractivity contribution < 1.29 is 13.2 Å². The van der Waals surface area contributed by atoms with Crippen molar-refractivity contribution in [1.82, 2.24) is 10.6 Å². The molecule has 1 saturated carbocycles. The maximum absolute atomic E-state index is 11.0. The fourth-order valence-corrected chi connectivity index (χ4v) is 4.07. The number of guanidine groups is 1. The number of hydrogen-bond acceptors (Lipinski definition) is 5. The van der Waals surface area contributed by atoms with Gasteiger partial charge in [0.25, 0.3) is 0 Å². The van der Waals surface area contributed by atoms with Gasteiger partial charge in [0.15, 0.2) is 5.96 Å². The van der Waals surface area contributed by atoms with E-state index in [-0.39, 0.29) is 36.3 Å². The van der Waals surface area contributed by atoms with Crippen molar-refractivity contribution in [2.75, 3.05) is 44.1 Å². The molecule has 1 aliphatic carbocycles. The summed E-state index contributed by atoms with van der Waals surface area (Å²) >= 11 is 2.04. The fraction of sp³-hybridized carbons (Fsp3) is 0.933. The van der Waals surface area contributed by atoms with Gasteiger partial charge in [-0.2, -0.15) is 11.8 Å². The molecule has 0 bridgehead atoms. The third kappa shape index (κ3) is 11.8. The molecule has 0 aromatic heterocycles. The van der Waals surface area contributed by atoms with Crippen molar-refractivity contribution in [2.45, 2.75) is 44.4 Å². The van der Waals surface area contributed by atoms with Crippen molar-refractivity contribution >= 4 is 51.5 Å². The lowest BCUT2D eigenvalue weighted by Gasteiger charge is -2.17. The molecule has 1 aliphatic rings. The molecular weight excluding hydrogens is 461 g/mol. The summed E-state index contributed by atoms with van der Waals surface area (Å²) in [4.78, 5) is 4.50. The van der Waals surface area contributed by atoms with Crippen LogP contribution in [0.25, 0.3) is 0 Å². The number of nitrogens with zero attached hydrogens (tertiary/aromatic N) is 1. The highest BCUT2D eigenvalue weighted by atomic mass is 127. The summed E-state index contributed by atoms with van der Waals surface area (Å²) in [5.74, 6) is 2.07. The third-order valence-electron chi connectivity index (χ3n) is 3.58. The van der Waals surface area contributed by atoms with Gasteiger partial charge in [0.2, 0.25) is 0 Å². The van der Waals surface area contributed by atoms with Crippen LogP contribution in [0.1, 0.15) is 33.1 Å². The van der Waals surface area contributed by atoms with Crippen molar-refractivity contribution in [1.29, 1.82) is 0 Å². The summed E-state index contributed by atoms with van der Waals surface area (Å²) in [6.45, 7) is 6.27. The molecule has 0 radical (unpaired) electrons. The van der Waals surface area contributed by atoms with Gasteiger partial charge in [0.1, 0.15) is 9.84 Å². The molecule has 2 atom stereocenters. The van der Waals surface area contributed by atoms with Gasteiger partial charge >= 0.3 is 0 Å². The Kier molecular flexibility index (Phi) is 13.6. The number of aliphatic imine (C=N–C) groups is 1. The van der Waals surface area contributed by atoms with Gasteiger partial charge in [-0.1, -0.05) is 6.92 Å². The number of hydrogen-bond donors (Lipinski definition) is 2. The Labute approximate surface area is 168 Å². The van der Waals surface area contributed by atoms with Crippen LogP contribution in [-0.4, -0.2) is 69.7 Å². The first-order chi connectivity index (χ1) is 10.9. The number of ether oxygens (including phenoxy) is 1. The van der Waals surface area contributed by atoms with E-state index in [0.717, 1.165) is 17.8 Å². The average molecular weight is 493 g/mol. The molecule has 1 fully saturated rings. The summed E-state index contributed by atoms with van der Waals surface area (Å²) in [6, 6.07) is 0.489. The van der Waals surface area contributed by atoms with Crippen LogP contribution in [0.4, 0.5) is 0 Å². The van der Waals surface area contributed by atoms with Crippen molar-refractivity contribution in [2.24, 2.45) is 4.99 Å². The smallest absolute Gasteiger partial charge is 0.191 e. The molecule has 2 N–H and O–H groups in total. The monoisotopic (exact) mass is 493 g/mol. The maximum atomic E-state index is 11.0. The lowest BCUT2D eigenvalue weighted by atomic mass is 10.2. The lowest BCUT2D eigenvalue weighted by molar-refractivity contribution is 0.157. The van der Waals surface area contributed by atoms with Crippen LogP contribution >= 0.6 is 35.7 Å². The molecule has 144 valence electrons. The quantitative estimate of drug-likeness (QED) is 0.210. The Bertz CT molecular complexity index is 461. The molecular formula is C15H32IN3O3S2. The molecule has 24 heavy (non-hydrogen) atoms. The van der Waals surface area contributed by atoms with E-state index >= 15 is 0 Å². The van der Waals surface area contributed by atoms with Crippen LogP contribution in [0.15, 0.2) is 4.99 Å². The number of sulfone groups is 1. The Morgan fingerprint density at radius 3 is 2.67 bits per heavy atom. The summed E-state index contributed by atoms with van der Waals surface area (Å²) < 4.78 is 27.3. The molecule has 9 heteroatoms. The minimum Gasteiger partial charge on any atom is -0.378 e. The number of rotatable bonds is 10. The van der Waals surface area contributed by atoms with Gasteiger partial charge in [-0.15, -0.1) is 24.0 Å². The third-order valence-corrected chi connectivity index (χ3v) is 5.72. The Morgan fingerprint density at radius 2 is 2.04 bits per heavy atom. The predicted octanol–water partition coefficient (Wildman–Crippen LogP) is 1.89. The summed E-state index contributed by atoms with van der Waals surface area (Å²) in [6.07, 6.45) is 4.86. The zero-order valence-electron chi connectivity index (χ0n) is 14.9. The molecule has 0 aliphatic heterocycles. The molecule has 0 spiro atoms. The molecule has 0 amide bonds. The van der Waals surface area contributed by atoms with Crippen LogP contribution in [-0.2, 0) is 14.6 Å². The van der Waals surface area contributed by atoms with Crippen LogP contribution in [0.3, 0.4) is 0 Å². The zero-order valence-corrected chi connectivity index (χ0v) is 18.9. The topological polar surface area (TPSA) is 79.8 Å². The van der Waals surface area contributed by atoms with Crippen LogP contribution in [0.5, 0.6) is 0 Å². The van der Waals surface area contributed by atoms with E-state index in [1.54, 1.807) is 0 Å². The van der Waals surface area contributed by atoms with Crippen molar-refractivity contribution in [3.05, 3.63) is 0 Å². The molecule has 1 rings (SSSR count). The van der Waals surface area contributed by atoms with Crippen molar-refractivity contribution in [3.63, 3.8) is 0 Å². The largest absolute Gasteiger partial charge is 0.378 e. The van der Waals surface area contributed by atoms with Crippen LogP contribution in [0.2, 0.25) is 0 Å². The lowest BCUT2D eigenvalue weighted by Crippen LogP contribution is -2.42. The molecule has 6 nitrogen and oxygen atoms in total. The second kappa shape index (κ2) is 13.5. The molecule has 2 unspecified atom stereocenters. The van der Waals surface area contributed by atoms with E-state index in [9.17, 15) is 8.42 Å². The minimum atomic E-state index is -2.95. The Morgan fingerprint density at radius 1 is 1.29 bits per heavy atom. The maximum Gasteiger partial charge on any atom is 0.191 e. The van der Waals surface area contributed by atoms with Gasteiger partial charge in [0.05, 0.1) is 25.5 Å². The van der Waals surface area contributed by atoms with Gasteiger partial charge in [-0.05, 0) is 31.9 Å². The van der Waals surface area contributed by atoms with Crippen LogP contribution < -0.4 is 10.6 Å². The van der Waals surface area contributed by atoms with Gasteiger partial charge in [-0.3, -0.25) is 4.99 Å². The fourth-order valence-electron chi connectivity index (χ4n) is 2.51. The minimum absolute atomic E-state index is 0. The van der Waals surface area contributed by atoms with Gasteiger partial charge in [0, 0.05) is 24.1 Å². The van der Waals surface area contributed by atoms with E-state index in [1.807, 2.05) is 18.7 Å². The Hall–Kier alpha value is 0.260. The predicted molar refractivity (Wildman–Crippen MR) is 115 cm³/mol. The van der Waals surface area contributed by atoms with E-state index < -0.39 is 9.84 Å². The number of halogens is 1. The highest BCUT2D eigenvalue weighted by Gasteiger charge is 2.24. The van der Waals surface area contributed by atoms with Crippen LogP contribution in [0, 0.1) is 0 Å². The second-order valence-corrected chi connectivity index (χ2v) is 9.57. The first-order valence-corrected chi connectivity index (χ1v) is 11.5. The molecule has 0 aromatic carbocycles. The molecule has 0 saturated heterocycles. The number of nitrogens with one attached hydrogen (secondary N) is 2. The average Bonchev–Trinajstić information content (AvgIpc) is 2.89. The summed E-state index contributed by atoms with van der Waals surface area (Å²) in [5.41, 5.74) is 0. The highest BCUT2D eigenvalue weighted by molar-refractivity contribution is 14.0. The second-order valence-electron chi connectivity index (χ2n) is 5.73. The zero-order chi connectivity index (χ0) is 17.1. The summed E-state index contributed by atoms with van der Waals surface area (Å²) in [7, 11) is -2.95. The van der Waals surface area contributed by atoms with E-state index in [0.29, 0.717) is 19.2 Å². The standard InChI is InChI=1S/C15H31N3O3S2.HI/c1-4-16-15(17-8-9-21-10-11-23(3,19)20)18-13-6-7-14(12-13)22-5-2;/h13-14H,4-12H2,1-3H3,(H2,16,17,18);1H. The Balaban J connectivity index is 0.00000529. The first-order valence-electron chi connectivity index (χ1n) is 8.36. The van der Waals surface area contributed by atoms with E-state index in [2.05, 4.69) is 22.5 Å². The normalized spacial score (nSPS) is 21.4. The van der Waals surface area contributed by atoms with E-state index in [1.165, 1.54) is 31.3 Å². The summed E-state index contributed by atoms with van der Waals surface area (Å²) in [5, 5.41) is 7.51. The van der Waals surface area contributed by atoms with Gasteiger partial charge < -0.3 is 15.4 Å². The molecule has 0 heterocycles.